The number of ether oxygens (including phenoxy) is 2. The second-order valence-electron chi connectivity index (χ2n) is 6.55. The summed E-state index contributed by atoms with van der Waals surface area (Å²) in [5.74, 6) is 0.913. The average molecular weight is 282 g/mol. The number of hydrogen-bond acceptors (Lipinski definition) is 4. The first-order valence-corrected chi connectivity index (χ1v) is 8.61. The molecule has 3 rings (SSSR count). The lowest BCUT2D eigenvalue weighted by molar-refractivity contribution is -0.164. The molecule has 116 valence electrons. The summed E-state index contributed by atoms with van der Waals surface area (Å²) in [7, 11) is 0. The van der Waals surface area contributed by atoms with Crippen LogP contribution in [0.5, 0.6) is 0 Å². The zero-order valence-corrected chi connectivity index (χ0v) is 12.7. The minimum absolute atomic E-state index is 0.0731. The van der Waals surface area contributed by atoms with E-state index in [0.29, 0.717) is 0 Å². The third kappa shape index (κ3) is 4.17. The molecule has 1 N–H and O–H groups in total. The Hall–Kier alpha value is -0.160. The van der Waals surface area contributed by atoms with Crippen molar-refractivity contribution in [1.82, 2.24) is 10.2 Å². The molecule has 0 aromatic heterocycles. The highest BCUT2D eigenvalue weighted by molar-refractivity contribution is 4.85. The summed E-state index contributed by atoms with van der Waals surface area (Å²) in [5.41, 5.74) is 0. The molecule has 0 aliphatic carbocycles. The van der Waals surface area contributed by atoms with E-state index >= 15 is 0 Å². The third-order valence-electron chi connectivity index (χ3n) is 5.15. The standard InChI is InChI=1S/C16H30N2O2/c1-2-12-19-16(5-1)20-13-11-18-9-6-14(7-10-18)15-4-3-8-17-15/h14-17H,1-13H2. The van der Waals surface area contributed by atoms with E-state index in [1.54, 1.807) is 0 Å². The van der Waals surface area contributed by atoms with Gasteiger partial charge in [0.25, 0.3) is 0 Å². The monoisotopic (exact) mass is 282 g/mol. The normalized spacial score (nSPS) is 33.6. The maximum atomic E-state index is 5.84. The molecule has 0 aromatic rings. The molecule has 0 aromatic carbocycles. The highest BCUT2D eigenvalue weighted by atomic mass is 16.7. The van der Waals surface area contributed by atoms with Crippen molar-refractivity contribution < 1.29 is 9.47 Å². The summed E-state index contributed by atoms with van der Waals surface area (Å²) in [5, 5.41) is 3.67. The minimum atomic E-state index is 0.0731. The van der Waals surface area contributed by atoms with Gasteiger partial charge in [-0.05, 0) is 70.5 Å². The van der Waals surface area contributed by atoms with E-state index in [-0.39, 0.29) is 6.29 Å². The first kappa shape index (κ1) is 14.8. The molecule has 0 bridgehead atoms. The summed E-state index contributed by atoms with van der Waals surface area (Å²) in [6.07, 6.45) is 9.09. The van der Waals surface area contributed by atoms with Crippen LogP contribution in [0.2, 0.25) is 0 Å². The fourth-order valence-electron chi connectivity index (χ4n) is 3.85. The van der Waals surface area contributed by atoms with Gasteiger partial charge in [0, 0.05) is 19.2 Å². The highest BCUT2D eigenvalue weighted by Crippen LogP contribution is 2.25. The first-order valence-electron chi connectivity index (χ1n) is 8.61. The first-order chi connectivity index (χ1) is 9.92. The number of rotatable bonds is 5. The molecule has 20 heavy (non-hydrogen) atoms. The predicted octanol–water partition coefficient (Wildman–Crippen LogP) is 1.99. The van der Waals surface area contributed by atoms with Crippen molar-refractivity contribution in [3.05, 3.63) is 0 Å². The van der Waals surface area contributed by atoms with Crippen LogP contribution in [0.25, 0.3) is 0 Å². The van der Waals surface area contributed by atoms with E-state index in [9.17, 15) is 0 Å². The van der Waals surface area contributed by atoms with Crippen LogP contribution in [0, 0.1) is 5.92 Å². The van der Waals surface area contributed by atoms with E-state index in [2.05, 4.69) is 10.2 Å². The molecule has 3 aliphatic heterocycles. The van der Waals surface area contributed by atoms with E-state index in [1.165, 1.54) is 58.2 Å². The summed E-state index contributed by atoms with van der Waals surface area (Å²) in [6, 6.07) is 0.809. The van der Waals surface area contributed by atoms with Gasteiger partial charge in [-0.2, -0.15) is 0 Å². The number of nitrogens with one attached hydrogen (secondary N) is 1. The topological polar surface area (TPSA) is 33.7 Å². The lowest BCUT2D eigenvalue weighted by Crippen LogP contribution is -2.42. The molecule has 0 amide bonds. The zero-order valence-electron chi connectivity index (χ0n) is 12.7. The molecule has 4 heteroatoms. The quantitative estimate of drug-likeness (QED) is 0.836. The number of piperidine rings is 1. The highest BCUT2D eigenvalue weighted by Gasteiger charge is 2.28. The summed E-state index contributed by atoms with van der Waals surface area (Å²) in [4.78, 5) is 2.56. The molecule has 3 aliphatic rings. The van der Waals surface area contributed by atoms with Crippen molar-refractivity contribution in [2.75, 3.05) is 39.4 Å². The molecule has 0 spiro atoms. The molecule has 2 unspecified atom stereocenters. The maximum Gasteiger partial charge on any atom is 0.157 e. The Labute approximate surface area is 123 Å². The SMILES string of the molecule is C1CCC(OCCN2CCC(C3CCCN3)CC2)OC1. The molecule has 3 fully saturated rings. The van der Waals surface area contributed by atoms with Gasteiger partial charge in [-0.1, -0.05) is 0 Å². The van der Waals surface area contributed by atoms with Crippen LogP contribution in [0.15, 0.2) is 0 Å². The van der Waals surface area contributed by atoms with Crippen LogP contribution in [-0.2, 0) is 9.47 Å². The van der Waals surface area contributed by atoms with E-state index < -0.39 is 0 Å². The fraction of sp³-hybridized carbons (Fsp3) is 1.00. The zero-order chi connectivity index (χ0) is 13.6. The van der Waals surface area contributed by atoms with Gasteiger partial charge in [0.1, 0.15) is 0 Å². The van der Waals surface area contributed by atoms with Crippen LogP contribution in [0.4, 0.5) is 0 Å². The Kier molecular flexibility index (Phi) is 5.71. The van der Waals surface area contributed by atoms with Crippen LogP contribution in [0.3, 0.4) is 0 Å². The van der Waals surface area contributed by atoms with Gasteiger partial charge < -0.3 is 19.7 Å². The Morgan fingerprint density at radius 2 is 1.95 bits per heavy atom. The second kappa shape index (κ2) is 7.74. The minimum Gasteiger partial charge on any atom is -0.353 e. The van der Waals surface area contributed by atoms with Gasteiger partial charge in [0.05, 0.1) is 6.61 Å². The Bertz CT molecular complexity index is 268. The number of nitrogens with zero attached hydrogens (tertiary/aromatic N) is 1. The molecule has 0 radical (unpaired) electrons. The molecule has 2 atom stereocenters. The Balaban J connectivity index is 1.28. The largest absolute Gasteiger partial charge is 0.353 e. The van der Waals surface area contributed by atoms with Crippen molar-refractivity contribution in [2.45, 2.75) is 57.3 Å². The molecular weight excluding hydrogens is 252 g/mol. The van der Waals surface area contributed by atoms with Crippen molar-refractivity contribution in [3.63, 3.8) is 0 Å². The molecule has 3 saturated heterocycles. The number of hydrogen-bond donors (Lipinski definition) is 1. The molecule has 0 saturated carbocycles. The van der Waals surface area contributed by atoms with Crippen molar-refractivity contribution in [1.29, 1.82) is 0 Å². The fourth-order valence-corrected chi connectivity index (χ4v) is 3.85. The van der Waals surface area contributed by atoms with Crippen molar-refractivity contribution in [2.24, 2.45) is 5.92 Å². The van der Waals surface area contributed by atoms with Gasteiger partial charge in [-0.15, -0.1) is 0 Å². The van der Waals surface area contributed by atoms with Gasteiger partial charge >= 0.3 is 0 Å². The Morgan fingerprint density at radius 1 is 1.05 bits per heavy atom. The van der Waals surface area contributed by atoms with Gasteiger partial charge in [-0.3, -0.25) is 0 Å². The van der Waals surface area contributed by atoms with Gasteiger partial charge in [0.15, 0.2) is 6.29 Å². The van der Waals surface area contributed by atoms with Crippen LogP contribution in [-0.4, -0.2) is 56.6 Å². The molecule has 4 nitrogen and oxygen atoms in total. The predicted molar refractivity (Wildman–Crippen MR) is 79.7 cm³/mol. The van der Waals surface area contributed by atoms with Crippen molar-refractivity contribution in [3.8, 4) is 0 Å². The third-order valence-corrected chi connectivity index (χ3v) is 5.15. The molecular formula is C16H30N2O2. The summed E-state index contributed by atoms with van der Waals surface area (Å²) in [6.45, 7) is 6.52. The van der Waals surface area contributed by atoms with Gasteiger partial charge in [0.2, 0.25) is 0 Å². The van der Waals surface area contributed by atoms with E-state index in [4.69, 9.17) is 9.47 Å². The van der Waals surface area contributed by atoms with Crippen LogP contribution < -0.4 is 5.32 Å². The van der Waals surface area contributed by atoms with Crippen molar-refractivity contribution >= 4 is 0 Å². The smallest absolute Gasteiger partial charge is 0.157 e. The number of likely N-dealkylation sites (tertiary alicyclic amines) is 1. The Morgan fingerprint density at radius 3 is 2.65 bits per heavy atom. The summed E-state index contributed by atoms with van der Waals surface area (Å²) < 4.78 is 11.4. The van der Waals surface area contributed by atoms with Crippen LogP contribution in [0.1, 0.15) is 44.9 Å². The van der Waals surface area contributed by atoms with E-state index in [0.717, 1.165) is 38.1 Å². The summed E-state index contributed by atoms with van der Waals surface area (Å²) >= 11 is 0. The van der Waals surface area contributed by atoms with Gasteiger partial charge in [-0.25, -0.2) is 0 Å². The second-order valence-corrected chi connectivity index (χ2v) is 6.55. The lowest BCUT2D eigenvalue weighted by atomic mass is 9.88. The maximum absolute atomic E-state index is 5.84. The van der Waals surface area contributed by atoms with Crippen LogP contribution >= 0.6 is 0 Å². The molecule has 3 heterocycles. The average Bonchev–Trinajstić information content (AvgIpc) is 3.03. The van der Waals surface area contributed by atoms with E-state index in [1.807, 2.05) is 0 Å². The lowest BCUT2D eigenvalue weighted by Gasteiger charge is -2.35.